The topological polar surface area (TPSA) is 125 Å². The van der Waals surface area contributed by atoms with E-state index in [4.69, 9.17) is 13.9 Å². The van der Waals surface area contributed by atoms with Gasteiger partial charge in [-0.25, -0.2) is 9.59 Å². The van der Waals surface area contributed by atoms with Crippen molar-refractivity contribution in [1.29, 1.82) is 0 Å². The summed E-state index contributed by atoms with van der Waals surface area (Å²) in [5, 5.41) is 16.5. The van der Waals surface area contributed by atoms with Crippen LogP contribution in [0.15, 0.2) is 187 Å². The van der Waals surface area contributed by atoms with E-state index in [1.807, 2.05) is 134 Å². The second-order valence-electron chi connectivity index (χ2n) is 16.8. The van der Waals surface area contributed by atoms with Crippen LogP contribution in [0.1, 0.15) is 40.2 Å². The maximum atomic E-state index is 15.7. The number of ether oxygens (including phenoxy) is 2. The van der Waals surface area contributed by atoms with Gasteiger partial charge in [0.1, 0.15) is 17.4 Å². The number of nitro benzene ring substituents is 1. The van der Waals surface area contributed by atoms with Crippen molar-refractivity contribution in [3.8, 4) is 0 Å². The van der Waals surface area contributed by atoms with Gasteiger partial charge >= 0.3 is 11.9 Å². The molecule has 1 saturated heterocycles. The number of nitro groups is 1. The number of nitrogens with zero attached hydrogens (tertiary/aromatic N) is 2. The van der Waals surface area contributed by atoms with Crippen molar-refractivity contribution in [2.24, 2.45) is 5.92 Å². The zero-order valence-electron chi connectivity index (χ0n) is 37.6. The molecule has 1 fully saturated rings. The van der Waals surface area contributed by atoms with Gasteiger partial charge in [0.25, 0.3) is 14.0 Å². The molecule has 0 aromatic heterocycles. The second kappa shape index (κ2) is 20.9. The van der Waals surface area contributed by atoms with Gasteiger partial charge in [-0.3, -0.25) is 19.8 Å². The molecule has 66 heavy (non-hydrogen) atoms. The highest BCUT2D eigenvalue weighted by Gasteiger charge is 2.59. The number of non-ortho nitro benzene ring substituents is 1. The SMILES string of the molecule is CCOC(=O)/C=C\SC1C(C(C)O[Si](c2ccccc2)(c2ccccc2)C(C)(C)C)C(=O)N1C(C(=O)OCc1ccc([N+](=O)[O-])cc1)=P(c1ccccc1)(c1ccccc1)c1ccccc1. The molecule has 3 atom stereocenters. The molecule has 0 N–H and O–H groups in total. The Balaban J connectivity index is 1.47. The summed E-state index contributed by atoms with van der Waals surface area (Å²) in [7, 11) is -3.21. The minimum atomic E-state index is -3.34. The number of carbonyl (C=O) groups is 3. The van der Waals surface area contributed by atoms with Crippen LogP contribution >= 0.6 is 18.6 Å². The average Bonchev–Trinajstić information content (AvgIpc) is 3.33. The minimum absolute atomic E-state index is 0.0955. The van der Waals surface area contributed by atoms with E-state index >= 15 is 9.59 Å². The van der Waals surface area contributed by atoms with Crippen LogP contribution in [-0.2, 0) is 34.9 Å². The molecule has 6 aromatic rings. The summed E-state index contributed by atoms with van der Waals surface area (Å²) in [5.41, 5.74) is 0.579. The van der Waals surface area contributed by atoms with Crippen LogP contribution in [-0.4, -0.2) is 59.5 Å². The molecular formula is C53H53N2O8PSSi. The van der Waals surface area contributed by atoms with Gasteiger partial charge in [-0.2, -0.15) is 0 Å². The first-order valence-electron chi connectivity index (χ1n) is 21.8. The Kier molecular flexibility index (Phi) is 15.1. The van der Waals surface area contributed by atoms with Crippen LogP contribution in [0.4, 0.5) is 5.69 Å². The molecule has 13 heteroatoms. The quantitative estimate of drug-likeness (QED) is 0.0169. The van der Waals surface area contributed by atoms with E-state index in [-0.39, 0.29) is 30.2 Å². The van der Waals surface area contributed by atoms with Gasteiger partial charge < -0.3 is 13.9 Å². The van der Waals surface area contributed by atoms with Crippen LogP contribution in [0.3, 0.4) is 0 Å². The zero-order valence-corrected chi connectivity index (χ0v) is 40.3. The lowest BCUT2D eigenvalue weighted by Gasteiger charge is -2.53. The predicted molar refractivity (Wildman–Crippen MR) is 269 cm³/mol. The molecule has 0 saturated carbocycles. The fourth-order valence-corrected chi connectivity index (χ4v) is 19.1. The fourth-order valence-electron chi connectivity index (χ4n) is 8.79. The molecule has 6 aromatic carbocycles. The number of thioether (sulfide) groups is 1. The minimum Gasteiger partial charge on any atom is -0.463 e. The van der Waals surface area contributed by atoms with Gasteiger partial charge in [0.2, 0.25) is 5.91 Å². The molecule has 0 radical (unpaired) electrons. The van der Waals surface area contributed by atoms with Gasteiger partial charge in [0.05, 0.1) is 23.6 Å². The number of hydrogen-bond donors (Lipinski definition) is 0. The van der Waals surface area contributed by atoms with E-state index < -0.39 is 54.5 Å². The molecular weight excluding hydrogens is 884 g/mol. The van der Waals surface area contributed by atoms with E-state index in [1.165, 1.54) is 30.0 Å². The summed E-state index contributed by atoms with van der Waals surface area (Å²) >= 11 is 1.24. The largest absolute Gasteiger partial charge is 0.463 e. The Hall–Kier alpha value is -6.30. The van der Waals surface area contributed by atoms with E-state index in [2.05, 4.69) is 45.0 Å². The Morgan fingerprint density at radius 1 is 0.742 bits per heavy atom. The lowest BCUT2D eigenvalue weighted by atomic mass is 9.93. The van der Waals surface area contributed by atoms with E-state index in [0.29, 0.717) is 5.56 Å². The summed E-state index contributed by atoms with van der Waals surface area (Å²) < 4.78 is 19.1. The second-order valence-corrected chi connectivity index (χ2v) is 25.4. The number of amides is 1. The number of benzene rings is 6. The van der Waals surface area contributed by atoms with E-state index in [9.17, 15) is 14.9 Å². The smallest absolute Gasteiger partial charge is 0.356 e. The van der Waals surface area contributed by atoms with Crippen molar-refractivity contribution in [3.05, 3.63) is 203 Å². The molecule has 7 rings (SSSR count). The molecule has 0 aliphatic carbocycles. The monoisotopic (exact) mass is 936 g/mol. The molecule has 1 amide bonds. The molecule has 1 aliphatic rings. The Labute approximate surface area is 391 Å². The van der Waals surface area contributed by atoms with Gasteiger partial charge in [-0.05, 0) is 68.3 Å². The average molecular weight is 937 g/mol. The number of β-lactam (4-membered cyclic amide) rings is 1. The normalized spacial score (nSPS) is 15.7. The van der Waals surface area contributed by atoms with Crippen molar-refractivity contribution in [2.45, 2.75) is 57.7 Å². The summed E-state index contributed by atoms with van der Waals surface area (Å²) in [5.74, 6) is -2.41. The lowest BCUT2D eigenvalue weighted by molar-refractivity contribution is -0.384. The highest BCUT2D eigenvalue weighted by atomic mass is 32.2. The number of rotatable bonds is 17. The predicted octanol–water partition coefficient (Wildman–Crippen LogP) is 8.32. The molecule has 1 heterocycles. The number of hydrogen-bond acceptors (Lipinski definition) is 9. The lowest BCUT2D eigenvalue weighted by Crippen LogP contribution is -2.72. The van der Waals surface area contributed by atoms with Crippen molar-refractivity contribution in [1.82, 2.24) is 4.90 Å². The van der Waals surface area contributed by atoms with E-state index in [0.717, 1.165) is 26.3 Å². The fraction of sp³-hybridized carbons (Fsp3) is 0.208. The zero-order chi connectivity index (χ0) is 46.9. The molecule has 3 unspecified atom stereocenters. The number of esters is 2. The van der Waals surface area contributed by atoms with Gasteiger partial charge in [0, 0.05) is 25.1 Å². The third kappa shape index (κ3) is 9.50. The molecule has 338 valence electrons. The first-order valence-corrected chi connectivity index (χ1v) is 26.4. The summed E-state index contributed by atoms with van der Waals surface area (Å²) in [4.78, 5) is 56.7. The Morgan fingerprint density at radius 2 is 1.20 bits per heavy atom. The highest BCUT2D eigenvalue weighted by molar-refractivity contribution is 8.03. The van der Waals surface area contributed by atoms with Crippen molar-refractivity contribution < 1.29 is 33.2 Å². The first-order chi connectivity index (χ1) is 31.8. The standard InChI is InChI=1S/C53H53N2O8PSSi/c1-6-61-47(56)36-37-65-51-48(39(2)63-66(53(3,4)5,45-28-18-10-19-29-45)46-30-20-11-21-31-46)49(57)54(51)50(52(58)62-38-40-32-34-41(35-33-40)55(59)60)64(42-22-12-7-13-23-42,43-24-14-8-15-25-43)44-26-16-9-17-27-44/h7-37,39,48,51H,6,38H2,1-5H3/b37-36-. The van der Waals surface area contributed by atoms with Gasteiger partial charge in [-0.1, -0.05) is 172 Å². The first kappa shape index (κ1) is 47.7. The summed E-state index contributed by atoms with van der Waals surface area (Å²) in [6.07, 6.45) is 0.643. The summed E-state index contributed by atoms with van der Waals surface area (Å²) in [6, 6.07) is 55.4. The van der Waals surface area contributed by atoms with E-state index in [1.54, 1.807) is 29.4 Å². The number of carbonyl (C=O) groups excluding carboxylic acids is 3. The highest BCUT2D eigenvalue weighted by Crippen LogP contribution is 2.52. The van der Waals surface area contributed by atoms with Crippen LogP contribution < -0.4 is 26.3 Å². The molecule has 0 bridgehead atoms. The van der Waals surface area contributed by atoms with Gasteiger partial charge in [-0.15, -0.1) is 11.8 Å². The van der Waals surface area contributed by atoms with Crippen molar-refractivity contribution in [2.75, 3.05) is 6.61 Å². The Morgan fingerprint density at radius 3 is 1.62 bits per heavy atom. The van der Waals surface area contributed by atoms with Crippen LogP contribution in [0.5, 0.6) is 0 Å². The van der Waals surface area contributed by atoms with Crippen LogP contribution in [0, 0.1) is 16.0 Å². The van der Waals surface area contributed by atoms with Crippen molar-refractivity contribution >= 4 is 82.2 Å². The number of likely N-dealkylation sites (tertiary alicyclic amines) is 1. The third-order valence-corrected chi connectivity index (χ3v) is 22.2. The van der Waals surface area contributed by atoms with Gasteiger partial charge in [0.15, 0.2) is 0 Å². The maximum Gasteiger partial charge on any atom is 0.356 e. The Bertz CT molecular complexity index is 2580. The van der Waals surface area contributed by atoms with Crippen LogP contribution in [0.2, 0.25) is 5.04 Å². The van der Waals surface area contributed by atoms with Crippen LogP contribution in [0.25, 0.3) is 0 Å². The maximum absolute atomic E-state index is 15.7. The van der Waals surface area contributed by atoms with Crippen molar-refractivity contribution in [3.63, 3.8) is 0 Å². The third-order valence-electron chi connectivity index (χ3n) is 11.8. The molecule has 10 nitrogen and oxygen atoms in total. The summed E-state index contributed by atoms with van der Waals surface area (Å²) in [6.45, 7) is 6.82. The molecule has 0 spiro atoms. The molecule has 1 aliphatic heterocycles.